The highest BCUT2D eigenvalue weighted by Crippen LogP contribution is 2.05. The Morgan fingerprint density at radius 1 is 1.15 bits per heavy atom. The summed E-state index contributed by atoms with van der Waals surface area (Å²) in [6.07, 6.45) is -0.122. The van der Waals surface area contributed by atoms with Crippen molar-refractivity contribution in [1.82, 2.24) is 5.32 Å². The number of amides is 1. The number of nitrogens with one attached hydrogen (secondary N) is 1. The monoisotopic (exact) mass is 293 g/mol. The molecule has 0 heterocycles. The Morgan fingerprint density at radius 2 is 1.70 bits per heavy atom. The molecule has 8 nitrogen and oxygen atoms in total. The molecule has 0 radical (unpaired) electrons. The average Bonchev–Trinajstić information content (AvgIpc) is 2.25. The van der Waals surface area contributed by atoms with Crippen LogP contribution in [0.2, 0.25) is 0 Å². The Labute approximate surface area is 118 Å². The van der Waals surface area contributed by atoms with Crippen molar-refractivity contribution < 1.29 is 34.1 Å². The predicted octanol–water partition coefficient (Wildman–Crippen LogP) is 2.08. The summed E-state index contributed by atoms with van der Waals surface area (Å²) in [5, 5.41) is 18.2. The van der Waals surface area contributed by atoms with Crippen LogP contribution >= 0.6 is 0 Å². The van der Waals surface area contributed by atoms with E-state index in [1.54, 1.807) is 20.8 Å². The summed E-state index contributed by atoms with van der Waals surface area (Å²) in [7, 11) is 0. The average molecular weight is 293 g/mol. The lowest BCUT2D eigenvalue weighted by Gasteiger charge is -2.19. The van der Waals surface area contributed by atoms with Crippen LogP contribution in [0.5, 0.6) is 0 Å². The number of carboxylic acid groups (broad SMARTS) is 2. The van der Waals surface area contributed by atoms with Gasteiger partial charge in [-0.15, -0.1) is 0 Å². The molecular formula is C12H23NO7. The molecule has 0 aliphatic rings. The number of aliphatic carboxylic acids is 1. The van der Waals surface area contributed by atoms with Gasteiger partial charge in [-0.3, -0.25) is 4.79 Å². The van der Waals surface area contributed by atoms with Gasteiger partial charge in [-0.05, 0) is 27.2 Å². The van der Waals surface area contributed by atoms with E-state index in [9.17, 15) is 14.4 Å². The third-order valence-corrected chi connectivity index (χ3v) is 1.51. The molecule has 1 amide bonds. The standard InChI is InChI=1S/C7H13NO4.C5H10O3/c1-7(2,3)12-6(11)8-4-5(9)10;1-2-3-4-8-5(6)7/h4H2,1-3H3,(H,8,11)(H,9,10);2-4H2,1H3,(H,6,7). The van der Waals surface area contributed by atoms with Gasteiger partial charge in [0.05, 0.1) is 6.61 Å². The molecule has 0 aromatic heterocycles. The van der Waals surface area contributed by atoms with Crippen LogP contribution in [0.3, 0.4) is 0 Å². The lowest BCUT2D eigenvalue weighted by molar-refractivity contribution is -0.136. The van der Waals surface area contributed by atoms with Gasteiger partial charge >= 0.3 is 18.2 Å². The first kappa shape index (κ1) is 20.3. The molecule has 0 aromatic rings. The first-order chi connectivity index (χ1) is 9.08. The zero-order valence-corrected chi connectivity index (χ0v) is 12.3. The highest BCUT2D eigenvalue weighted by atomic mass is 16.7. The summed E-state index contributed by atoms with van der Waals surface area (Å²) in [5.74, 6) is -1.10. The van der Waals surface area contributed by atoms with Crippen molar-refractivity contribution in [3.63, 3.8) is 0 Å². The summed E-state index contributed by atoms with van der Waals surface area (Å²) >= 11 is 0. The number of ether oxygens (including phenoxy) is 2. The highest BCUT2D eigenvalue weighted by Gasteiger charge is 2.16. The number of alkyl carbamates (subject to hydrolysis) is 1. The van der Waals surface area contributed by atoms with Crippen molar-refractivity contribution >= 4 is 18.2 Å². The molecule has 3 N–H and O–H groups in total. The van der Waals surface area contributed by atoms with Crippen molar-refractivity contribution in [2.45, 2.75) is 46.1 Å². The van der Waals surface area contributed by atoms with Gasteiger partial charge < -0.3 is 25.0 Å². The zero-order chi connectivity index (χ0) is 16.2. The minimum atomic E-state index is -1.18. The summed E-state index contributed by atoms with van der Waals surface area (Å²) in [6, 6.07) is 0. The summed E-state index contributed by atoms with van der Waals surface area (Å²) in [5.41, 5.74) is -0.595. The normalized spacial score (nSPS) is 9.80. The van der Waals surface area contributed by atoms with Crippen molar-refractivity contribution in [1.29, 1.82) is 0 Å². The molecule has 0 aliphatic heterocycles. The first-order valence-corrected chi connectivity index (χ1v) is 6.12. The Bertz CT molecular complexity index is 309. The van der Waals surface area contributed by atoms with Crippen molar-refractivity contribution in [3.05, 3.63) is 0 Å². The minimum absolute atomic E-state index is 0.325. The predicted molar refractivity (Wildman–Crippen MR) is 70.8 cm³/mol. The van der Waals surface area contributed by atoms with Crippen molar-refractivity contribution in [3.8, 4) is 0 Å². The maximum atomic E-state index is 10.8. The molecule has 0 aliphatic carbocycles. The van der Waals surface area contributed by atoms with E-state index in [-0.39, 0.29) is 0 Å². The fraction of sp³-hybridized carbons (Fsp3) is 0.750. The lowest BCUT2D eigenvalue weighted by Crippen LogP contribution is -2.35. The van der Waals surface area contributed by atoms with E-state index in [0.717, 1.165) is 12.8 Å². The van der Waals surface area contributed by atoms with Gasteiger partial charge in [-0.25, -0.2) is 9.59 Å². The maximum Gasteiger partial charge on any atom is 0.505 e. The largest absolute Gasteiger partial charge is 0.505 e. The number of carbonyl (C=O) groups is 3. The van der Waals surface area contributed by atoms with Crippen molar-refractivity contribution in [2.24, 2.45) is 0 Å². The molecule has 0 rings (SSSR count). The molecule has 0 aromatic carbocycles. The number of carboxylic acids is 1. The molecular weight excluding hydrogens is 270 g/mol. The van der Waals surface area contributed by atoms with E-state index in [0.29, 0.717) is 6.61 Å². The van der Waals surface area contributed by atoms with E-state index >= 15 is 0 Å². The molecule has 20 heavy (non-hydrogen) atoms. The van der Waals surface area contributed by atoms with E-state index in [1.807, 2.05) is 6.92 Å². The maximum absolute atomic E-state index is 10.8. The van der Waals surface area contributed by atoms with Crippen LogP contribution in [0.25, 0.3) is 0 Å². The Kier molecular flexibility index (Phi) is 11.1. The van der Waals surface area contributed by atoms with Crippen LogP contribution < -0.4 is 5.32 Å². The molecule has 0 fully saturated rings. The van der Waals surface area contributed by atoms with Crippen LogP contribution in [0.4, 0.5) is 9.59 Å². The Balaban J connectivity index is 0. The Morgan fingerprint density at radius 3 is 2.05 bits per heavy atom. The van der Waals surface area contributed by atoms with Crippen molar-refractivity contribution in [2.75, 3.05) is 13.2 Å². The second kappa shape index (κ2) is 10.9. The fourth-order valence-electron chi connectivity index (χ4n) is 0.766. The molecule has 0 atom stereocenters. The van der Waals surface area contributed by atoms with Crippen LogP contribution in [0.1, 0.15) is 40.5 Å². The van der Waals surface area contributed by atoms with Gasteiger partial charge in [0.1, 0.15) is 12.1 Å². The number of hydrogen-bond acceptors (Lipinski definition) is 5. The molecule has 118 valence electrons. The number of rotatable bonds is 5. The highest BCUT2D eigenvalue weighted by molar-refractivity contribution is 5.76. The van der Waals surface area contributed by atoms with Gasteiger partial charge in [-0.2, -0.15) is 0 Å². The van der Waals surface area contributed by atoms with E-state index in [2.05, 4.69) is 10.1 Å². The van der Waals surface area contributed by atoms with Gasteiger partial charge in [0.25, 0.3) is 0 Å². The quantitative estimate of drug-likeness (QED) is 0.524. The van der Waals surface area contributed by atoms with Gasteiger partial charge in [0, 0.05) is 0 Å². The summed E-state index contributed by atoms with van der Waals surface area (Å²) in [4.78, 5) is 30.4. The third-order valence-electron chi connectivity index (χ3n) is 1.51. The topological polar surface area (TPSA) is 122 Å². The van der Waals surface area contributed by atoms with Crippen LogP contribution in [-0.4, -0.2) is 47.2 Å². The Hall–Kier alpha value is -1.99. The fourth-order valence-corrected chi connectivity index (χ4v) is 0.766. The summed E-state index contributed by atoms with van der Waals surface area (Å²) < 4.78 is 8.97. The first-order valence-electron chi connectivity index (χ1n) is 6.12. The van der Waals surface area contributed by atoms with Gasteiger partial charge in [0.2, 0.25) is 0 Å². The smallest absolute Gasteiger partial charge is 0.480 e. The molecule has 0 bridgehead atoms. The van der Waals surface area contributed by atoms with Crippen LogP contribution in [0.15, 0.2) is 0 Å². The second-order valence-electron chi connectivity index (χ2n) is 4.72. The summed E-state index contributed by atoms with van der Waals surface area (Å²) in [6.45, 7) is 6.99. The second-order valence-corrected chi connectivity index (χ2v) is 4.72. The molecule has 0 spiro atoms. The molecule has 8 heteroatoms. The zero-order valence-electron chi connectivity index (χ0n) is 12.3. The number of unbranched alkanes of at least 4 members (excludes halogenated alkanes) is 1. The SMILES string of the molecule is CC(C)(C)OC(=O)NCC(=O)O.CCCCOC(=O)O. The van der Waals surface area contributed by atoms with Gasteiger partial charge in [0.15, 0.2) is 0 Å². The van der Waals surface area contributed by atoms with Gasteiger partial charge in [-0.1, -0.05) is 13.3 Å². The molecule has 0 saturated carbocycles. The number of hydrogen-bond donors (Lipinski definition) is 3. The molecule has 0 unspecified atom stereocenters. The van der Waals surface area contributed by atoms with E-state index in [4.69, 9.17) is 14.9 Å². The number of carbonyl (C=O) groups excluding carboxylic acids is 1. The van der Waals surface area contributed by atoms with Crippen LogP contribution in [0, 0.1) is 0 Å². The third kappa shape index (κ3) is 21.3. The molecule has 0 saturated heterocycles. The minimum Gasteiger partial charge on any atom is -0.480 e. The van der Waals surface area contributed by atoms with Crippen LogP contribution in [-0.2, 0) is 14.3 Å². The lowest BCUT2D eigenvalue weighted by atomic mass is 10.2. The van der Waals surface area contributed by atoms with E-state index in [1.165, 1.54) is 0 Å². The van der Waals surface area contributed by atoms with E-state index < -0.39 is 30.4 Å².